The van der Waals surface area contributed by atoms with E-state index >= 15 is 0 Å². The van der Waals surface area contributed by atoms with Gasteiger partial charge >= 0.3 is 0 Å². The van der Waals surface area contributed by atoms with Gasteiger partial charge in [0.05, 0.1) is 29.2 Å². The van der Waals surface area contributed by atoms with Gasteiger partial charge in [-0.3, -0.25) is 9.78 Å². The lowest BCUT2D eigenvalue weighted by molar-refractivity contribution is 0.102. The summed E-state index contributed by atoms with van der Waals surface area (Å²) in [4.78, 5) is 16.2. The number of hydrogen-bond acceptors (Lipinski definition) is 3. The minimum absolute atomic E-state index is 0.213. The summed E-state index contributed by atoms with van der Waals surface area (Å²) in [6, 6.07) is 7.44. The first-order chi connectivity index (χ1) is 9.25. The monoisotopic (exact) mass is 316 g/mol. The summed E-state index contributed by atoms with van der Waals surface area (Å²) in [7, 11) is 0. The van der Waals surface area contributed by atoms with Gasteiger partial charge in [-0.15, -0.1) is 0 Å². The van der Waals surface area contributed by atoms with Crippen molar-refractivity contribution in [1.29, 1.82) is 0 Å². The lowest BCUT2D eigenvalue weighted by atomic mass is 10.2. The molecule has 94 valence electrons. The third-order valence-electron chi connectivity index (χ3n) is 2.69. The van der Waals surface area contributed by atoms with Crippen molar-refractivity contribution in [2.45, 2.75) is 0 Å². The molecule has 0 atom stereocenters. The van der Waals surface area contributed by atoms with Crippen LogP contribution in [-0.2, 0) is 0 Å². The number of hydrogen-bond donors (Lipinski definition) is 1. The third-order valence-corrected chi connectivity index (χ3v) is 3.38. The van der Waals surface area contributed by atoms with Crippen molar-refractivity contribution in [3.05, 3.63) is 59.1 Å². The summed E-state index contributed by atoms with van der Waals surface area (Å²) in [5, 5.41) is 6.95. The topological polar surface area (TPSA) is 59.3 Å². The average Bonchev–Trinajstić information content (AvgIpc) is 2.85. The molecule has 0 saturated heterocycles. The van der Waals surface area contributed by atoms with Gasteiger partial charge < -0.3 is 5.32 Å². The van der Waals surface area contributed by atoms with Crippen LogP contribution in [0.4, 0.5) is 5.69 Å². The fourth-order valence-electron chi connectivity index (χ4n) is 1.76. The zero-order chi connectivity index (χ0) is 13.2. The largest absolute Gasteiger partial charge is 0.321 e. The molecule has 0 bridgehead atoms. The van der Waals surface area contributed by atoms with E-state index < -0.39 is 0 Å². The number of benzene rings is 1. The first-order valence-electron chi connectivity index (χ1n) is 5.59. The Morgan fingerprint density at radius 1 is 1.26 bits per heavy atom. The van der Waals surface area contributed by atoms with E-state index in [4.69, 9.17) is 0 Å². The van der Waals surface area contributed by atoms with Gasteiger partial charge in [-0.05, 0) is 28.1 Å². The first-order valence-corrected chi connectivity index (χ1v) is 6.38. The Bertz CT molecular complexity index is 753. The second-order valence-corrected chi connectivity index (χ2v) is 4.75. The summed E-state index contributed by atoms with van der Waals surface area (Å²) in [6.07, 6.45) is 6.46. The van der Waals surface area contributed by atoms with E-state index in [0.29, 0.717) is 11.1 Å². The lowest BCUT2D eigenvalue weighted by Crippen LogP contribution is -2.12. The molecule has 2 heterocycles. The van der Waals surface area contributed by atoms with Gasteiger partial charge in [-0.2, -0.15) is 5.10 Å². The van der Waals surface area contributed by atoms with Gasteiger partial charge in [0.25, 0.3) is 5.91 Å². The molecule has 0 fully saturated rings. The number of carbonyl (C=O) groups excluding carboxylic acids is 1. The third kappa shape index (κ3) is 2.22. The summed E-state index contributed by atoms with van der Waals surface area (Å²) >= 11 is 3.39. The minimum atomic E-state index is -0.213. The maximum absolute atomic E-state index is 12.2. The van der Waals surface area contributed by atoms with Crippen LogP contribution in [0.1, 0.15) is 10.4 Å². The highest BCUT2D eigenvalue weighted by molar-refractivity contribution is 9.10. The van der Waals surface area contributed by atoms with Crippen molar-refractivity contribution in [3.8, 4) is 0 Å². The Balaban J connectivity index is 1.95. The number of anilines is 1. The molecule has 2 aromatic heterocycles. The Labute approximate surface area is 117 Å². The van der Waals surface area contributed by atoms with E-state index in [1.54, 1.807) is 23.1 Å². The number of amides is 1. The second-order valence-electron chi connectivity index (χ2n) is 3.90. The zero-order valence-corrected chi connectivity index (χ0v) is 11.3. The molecule has 0 radical (unpaired) electrons. The van der Waals surface area contributed by atoms with Gasteiger partial charge in [0.1, 0.15) is 0 Å². The van der Waals surface area contributed by atoms with Crippen molar-refractivity contribution in [1.82, 2.24) is 14.6 Å². The standard InChI is InChI=1S/C13H9BrN4O/c14-10-3-1-2-4-11(10)17-13(19)9-7-16-18-6-5-15-8-12(9)18/h1-8H,(H,17,19). The quantitative estimate of drug-likeness (QED) is 0.790. The highest BCUT2D eigenvalue weighted by Crippen LogP contribution is 2.22. The molecular weight excluding hydrogens is 308 g/mol. The second kappa shape index (κ2) is 4.81. The number of para-hydroxylation sites is 1. The van der Waals surface area contributed by atoms with Crippen molar-refractivity contribution < 1.29 is 4.79 Å². The van der Waals surface area contributed by atoms with Gasteiger partial charge in [0, 0.05) is 16.9 Å². The van der Waals surface area contributed by atoms with Crippen molar-refractivity contribution in [2.24, 2.45) is 0 Å². The molecule has 0 spiro atoms. The van der Waals surface area contributed by atoms with E-state index in [-0.39, 0.29) is 5.91 Å². The predicted molar refractivity (Wildman–Crippen MR) is 75.1 cm³/mol. The molecule has 1 amide bonds. The van der Waals surface area contributed by atoms with E-state index in [9.17, 15) is 4.79 Å². The van der Waals surface area contributed by atoms with Crippen LogP contribution in [0.15, 0.2) is 53.5 Å². The fraction of sp³-hybridized carbons (Fsp3) is 0. The SMILES string of the molecule is O=C(Nc1ccccc1Br)c1cnn2ccncc12. The van der Waals surface area contributed by atoms with Crippen LogP contribution in [0.25, 0.3) is 5.52 Å². The Morgan fingerprint density at radius 2 is 2.11 bits per heavy atom. The number of nitrogens with zero attached hydrogens (tertiary/aromatic N) is 3. The predicted octanol–water partition coefficient (Wildman–Crippen LogP) is 2.74. The summed E-state index contributed by atoms with van der Waals surface area (Å²) in [6.45, 7) is 0. The number of halogens is 1. The van der Waals surface area contributed by atoms with Crippen LogP contribution >= 0.6 is 15.9 Å². The highest BCUT2D eigenvalue weighted by Gasteiger charge is 2.13. The molecular formula is C13H9BrN4O. The van der Waals surface area contributed by atoms with Crippen LogP contribution in [0.2, 0.25) is 0 Å². The van der Waals surface area contributed by atoms with Gasteiger partial charge in [-0.1, -0.05) is 12.1 Å². The summed E-state index contributed by atoms with van der Waals surface area (Å²) < 4.78 is 2.44. The molecule has 0 aliphatic carbocycles. The molecule has 0 aliphatic rings. The summed E-state index contributed by atoms with van der Waals surface area (Å²) in [5.74, 6) is -0.213. The molecule has 0 saturated carbocycles. The highest BCUT2D eigenvalue weighted by atomic mass is 79.9. The van der Waals surface area contributed by atoms with Gasteiger partial charge in [-0.25, -0.2) is 4.52 Å². The number of nitrogens with one attached hydrogen (secondary N) is 1. The first kappa shape index (κ1) is 11.9. The lowest BCUT2D eigenvalue weighted by Gasteiger charge is -2.05. The Hall–Kier alpha value is -2.21. The average molecular weight is 317 g/mol. The molecule has 1 N–H and O–H groups in total. The summed E-state index contributed by atoms with van der Waals surface area (Å²) in [5.41, 5.74) is 1.88. The smallest absolute Gasteiger partial charge is 0.259 e. The number of carbonyl (C=O) groups is 1. The Kier molecular flexibility index (Phi) is 3.00. The molecule has 0 unspecified atom stereocenters. The van der Waals surface area contributed by atoms with E-state index in [1.807, 2.05) is 24.3 Å². The maximum atomic E-state index is 12.2. The normalized spacial score (nSPS) is 10.6. The van der Waals surface area contributed by atoms with Crippen LogP contribution in [0.5, 0.6) is 0 Å². The molecule has 6 heteroatoms. The van der Waals surface area contributed by atoms with Crippen molar-refractivity contribution >= 4 is 33.0 Å². The molecule has 5 nitrogen and oxygen atoms in total. The molecule has 3 aromatic rings. The van der Waals surface area contributed by atoms with E-state index in [0.717, 1.165) is 10.2 Å². The zero-order valence-electron chi connectivity index (χ0n) is 9.75. The van der Waals surface area contributed by atoms with Crippen LogP contribution in [0.3, 0.4) is 0 Å². The van der Waals surface area contributed by atoms with Crippen LogP contribution in [-0.4, -0.2) is 20.5 Å². The fourth-order valence-corrected chi connectivity index (χ4v) is 2.15. The van der Waals surface area contributed by atoms with Gasteiger partial charge in [0.15, 0.2) is 0 Å². The van der Waals surface area contributed by atoms with Crippen molar-refractivity contribution in [3.63, 3.8) is 0 Å². The van der Waals surface area contributed by atoms with Crippen molar-refractivity contribution in [2.75, 3.05) is 5.32 Å². The number of aromatic nitrogens is 3. The molecule has 0 aliphatic heterocycles. The molecule has 3 rings (SSSR count). The van der Waals surface area contributed by atoms with Crippen LogP contribution < -0.4 is 5.32 Å². The van der Waals surface area contributed by atoms with Crippen LogP contribution in [0, 0.1) is 0 Å². The Morgan fingerprint density at radius 3 is 2.95 bits per heavy atom. The molecule has 1 aromatic carbocycles. The molecule has 19 heavy (non-hydrogen) atoms. The number of rotatable bonds is 2. The van der Waals surface area contributed by atoms with E-state index in [1.165, 1.54) is 6.20 Å². The van der Waals surface area contributed by atoms with E-state index in [2.05, 4.69) is 31.3 Å². The minimum Gasteiger partial charge on any atom is -0.321 e. The maximum Gasteiger partial charge on any atom is 0.259 e. The van der Waals surface area contributed by atoms with Gasteiger partial charge in [0.2, 0.25) is 0 Å². The number of fused-ring (bicyclic) bond motifs is 1.